The van der Waals surface area contributed by atoms with Crippen LogP contribution in [-0.4, -0.2) is 106 Å². The van der Waals surface area contributed by atoms with Crippen LogP contribution >= 0.6 is 50.9 Å². The van der Waals surface area contributed by atoms with Gasteiger partial charge in [-0.1, -0.05) is 71.4 Å². The standard InChI is InChI=1S/C25H24F3N3O3S.C24H27BrN4O3.C24H22Cl2N2O4/c26-25(27,28)17-2-6-22(30-13-17)35-14-18-3-5-21(34-18)23(32)31-9-7-24(8-10-31)15-33-20-4-1-16(12-29)11-19(20)24;1-15-22(25)16(2)29(27-15)13-18-4-6-21(32-18)23(30)28-9-7-24(8-10-28)14-31-20-5-3-17(12-26)11-19(20)24;25-16-10-17(26)12-18(11-16)31-22-4-3-21(32-22)23(29)28-7-5-24(6-8-28)14-30-20-2-1-15(13-27)9-19(20)24/h1-6,11,13H,7-10,12,14-15,29H2;3-6,11H,7-10,12-14,26H2,1-2H3;1-4,9-12H,5-8,13-14,27H2. The summed E-state index contributed by atoms with van der Waals surface area (Å²) in [6.45, 7) is 11.6. The Morgan fingerprint density at radius 2 is 1.01 bits per heavy atom. The fourth-order valence-electron chi connectivity index (χ4n) is 13.8. The number of ether oxygens (including phenoxy) is 4. The van der Waals surface area contributed by atoms with E-state index in [2.05, 4.69) is 44.2 Å². The third kappa shape index (κ3) is 14.7. The average Bonchev–Trinajstić information content (AvgIpc) is 1.65. The van der Waals surface area contributed by atoms with E-state index in [0.717, 1.165) is 101 Å². The molecule has 26 heteroatoms. The summed E-state index contributed by atoms with van der Waals surface area (Å²) in [6.07, 6.45) is 1.37. The summed E-state index contributed by atoms with van der Waals surface area (Å²) in [4.78, 5) is 48.5. The molecule has 3 amide bonds. The van der Waals surface area contributed by atoms with Crippen molar-refractivity contribution in [1.29, 1.82) is 0 Å². The van der Waals surface area contributed by atoms with Gasteiger partial charge >= 0.3 is 6.18 Å². The predicted molar refractivity (Wildman–Crippen MR) is 370 cm³/mol. The number of amides is 3. The summed E-state index contributed by atoms with van der Waals surface area (Å²) in [7, 11) is 0. The first-order valence-electron chi connectivity index (χ1n) is 32.7. The van der Waals surface area contributed by atoms with Crippen LogP contribution in [0.5, 0.6) is 28.9 Å². The summed E-state index contributed by atoms with van der Waals surface area (Å²) in [5.74, 6) is 5.53. The number of aryl methyl sites for hydroxylation is 1. The van der Waals surface area contributed by atoms with Gasteiger partial charge < -0.3 is 64.1 Å². The predicted octanol–water partition coefficient (Wildman–Crippen LogP) is 14.3. The van der Waals surface area contributed by atoms with Crippen LogP contribution in [0, 0.1) is 13.8 Å². The summed E-state index contributed by atoms with van der Waals surface area (Å²) in [6, 6.07) is 35.9. The second kappa shape index (κ2) is 28.8. The second-order valence-corrected chi connectivity index (χ2v) is 28.5. The molecule has 99 heavy (non-hydrogen) atoms. The van der Waals surface area contributed by atoms with E-state index >= 15 is 0 Å². The first-order valence-corrected chi connectivity index (χ1v) is 35.2. The Kier molecular flexibility index (Phi) is 20.1. The summed E-state index contributed by atoms with van der Waals surface area (Å²) >= 11 is 16.8. The molecule has 518 valence electrons. The van der Waals surface area contributed by atoms with Crippen molar-refractivity contribution >= 4 is 68.6 Å². The van der Waals surface area contributed by atoms with Crippen LogP contribution in [0.1, 0.15) is 132 Å². The highest BCUT2D eigenvalue weighted by atomic mass is 79.9. The number of pyridine rings is 1. The second-order valence-electron chi connectivity index (χ2n) is 25.9. The molecule has 3 spiro atoms. The molecular formula is C73H73BrCl2F3N9O10S. The molecule has 4 aromatic carbocycles. The number of benzene rings is 4. The molecule has 9 aromatic rings. The van der Waals surface area contributed by atoms with Crippen molar-refractivity contribution in [2.75, 3.05) is 59.1 Å². The molecule has 0 saturated carbocycles. The minimum atomic E-state index is -4.41. The van der Waals surface area contributed by atoms with Gasteiger partial charge in [0, 0.05) is 114 Å². The maximum Gasteiger partial charge on any atom is 0.417 e. The normalized spacial score (nSPS) is 16.8. The van der Waals surface area contributed by atoms with Crippen LogP contribution < -0.4 is 36.1 Å². The van der Waals surface area contributed by atoms with Crippen LogP contribution in [0.25, 0.3) is 0 Å². The molecule has 11 heterocycles. The molecular weight excluding hydrogens is 1400 g/mol. The van der Waals surface area contributed by atoms with E-state index in [1.807, 2.05) is 70.8 Å². The molecule has 6 aliphatic heterocycles. The maximum absolute atomic E-state index is 13.1. The lowest BCUT2D eigenvalue weighted by atomic mass is 9.74. The van der Waals surface area contributed by atoms with Crippen molar-refractivity contribution in [3.05, 3.63) is 221 Å². The number of piperidine rings is 3. The highest BCUT2D eigenvalue weighted by molar-refractivity contribution is 9.10. The Bertz CT molecular complexity index is 4440. The van der Waals surface area contributed by atoms with Gasteiger partial charge in [0.25, 0.3) is 23.7 Å². The fraction of sp³-hybridized carbons (Fsp3) is 0.356. The van der Waals surface area contributed by atoms with E-state index in [0.29, 0.717) is 129 Å². The van der Waals surface area contributed by atoms with Gasteiger partial charge in [-0.15, -0.1) is 0 Å². The summed E-state index contributed by atoms with van der Waals surface area (Å²) < 4.78 is 81.7. The minimum absolute atomic E-state index is 0.0333. The number of hydrogen-bond donors (Lipinski definition) is 3. The monoisotopic (exact) mass is 1470 g/mol. The molecule has 0 unspecified atom stereocenters. The van der Waals surface area contributed by atoms with E-state index in [1.54, 1.807) is 53.4 Å². The van der Waals surface area contributed by atoms with E-state index in [4.69, 9.17) is 72.6 Å². The van der Waals surface area contributed by atoms with Crippen LogP contribution in [0.3, 0.4) is 0 Å². The summed E-state index contributed by atoms with van der Waals surface area (Å²) in [5.41, 5.74) is 25.4. The molecule has 0 atom stereocenters. The van der Waals surface area contributed by atoms with Crippen molar-refractivity contribution in [3.8, 4) is 28.9 Å². The van der Waals surface area contributed by atoms with Gasteiger partial charge in [0.15, 0.2) is 17.3 Å². The molecule has 3 fully saturated rings. The smallest absolute Gasteiger partial charge is 0.417 e. The molecule has 6 N–H and O–H groups in total. The van der Waals surface area contributed by atoms with E-state index in [9.17, 15) is 27.6 Å². The van der Waals surface area contributed by atoms with E-state index in [1.165, 1.54) is 34.5 Å². The lowest BCUT2D eigenvalue weighted by Crippen LogP contribution is -2.46. The molecule has 5 aromatic heterocycles. The number of rotatable bonds is 13. The first kappa shape index (κ1) is 69.3. The molecule has 0 aliphatic carbocycles. The number of nitrogens with two attached hydrogens (primary N) is 3. The number of carbonyl (C=O) groups is 3. The third-order valence-electron chi connectivity index (χ3n) is 19.7. The fourth-order valence-corrected chi connectivity index (χ4v) is 15.4. The number of thioether (sulfide) groups is 1. The minimum Gasteiger partial charge on any atom is -0.492 e. The van der Waals surface area contributed by atoms with Gasteiger partial charge in [-0.05, 0) is 164 Å². The van der Waals surface area contributed by atoms with E-state index < -0.39 is 11.7 Å². The SMILES string of the molecule is Cc1nn(Cc2ccc(C(=O)N3CCC4(CC3)COc3ccc(CN)cc34)o2)c(C)c1Br.NCc1ccc2c(c1)C1(CCN(C(=O)c3ccc(CSc4ccc(C(F)(F)F)cn4)o3)CC1)CO2.NCc1ccc2c(c1)C1(CCN(C(=O)c3ccc(Oc4cc(Cl)cc(Cl)c4)o3)CC1)CO2. The molecule has 6 aliphatic rings. The van der Waals surface area contributed by atoms with Crippen LogP contribution in [0.4, 0.5) is 13.2 Å². The molecule has 15 rings (SSSR count). The van der Waals surface area contributed by atoms with Gasteiger partial charge in [0.2, 0.25) is 0 Å². The highest BCUT2D eigenvalue weighted by Gasteiger charge is 2.47. The van der Waals surface area contributed by atoms with Gasteiger partial charge in [0.05, 0.1) is 58.6 Å². The third-order valence-corrected chi connectivity index (χ3v) is 22.3. The number of hydrogen-bond acceptors (Lipinski definition) is 16. The van der Waals surface area contributed by atoms with Crippen molar-refractivity contribution in [3.63, 3.8) is 0 Å². The van der Waals surface area contributed by atoms with Crippen molar-refractivity contribution in [1.82, 2.24) is 29.5 Å². The lowest BCUT2D eigenvalue weighted by Gasteiger charge is -2.38. The quantitative estimate of drug-likeness (QED) is 0.0908. The topological polar surface area (TPSA) is 246 Å². The number of alkyl halides is 3. The highest BCUT2D eigenvalue weighted by Crippen LogP contribution is 2.49. The number of carbonyl (C=O) groups excluding carboxylic acids is 3. The molecule has 0 bridgehead atoms. The number of fused-ring (bicyclic) bond motifs is 6. The number of likely N-dealkylation sites (tertiary alicyclic amines) is 3. The maximum atomic E-state index is 13.1. The van der Waals surface area contributed by atoms with Crippen LogP contribution in [0.2, 0.25) is 10.0 Å². The number of halogens is 6. The Morgan fingerprint density at radius 1 is 0.576 bits per heavy atom. The number of furan rings is 3. The zero-order valence-electron chi connectivity index (χ0n) is 54.4. The van der Waals surface area contributed by atoms with Crippen LogP contribution in [0.15, 0.2) is 150 Å². The zero-order chi connectivity index (χ0) is 69.4. The Hall–Kier alpha value is -8.23. The lowest BCUT2D eigenvalue weighted by molar-refractivity contribution is -0.137. The molecule has 19 nitrogen and oxygen atoms in total. The Balaban J connectivity index is 0.000000134. The van der Waals surface area contributed by atoms with Gasteiger partial charge in [0.1, 0.15) is 34.5 Å². The van der Waals surface area contributed by atoms with Crippen LogP contribution in [-0.2, 0) is 54.4 Å². The Labute approximate surface area is 592 Å². The van der Waals surface area contributed by atoms with Gasteiger partial charge in [-0.25, -0.2) is 4.98 Å². The van der Waals surface area contributed by atoms with E-state index in [-0.39, 0.29) is 51.4 Å². The summed E-state index contributed by atoms with van der Waals surface area (Å²) in [5, 5.41) is 5.86. The van der Waals surface area contributed by atoms with Gasteiger partial charge in [-0.2, -0.15) is 18.3 Å². The molecule has 3 saturated heterocycles. The van der Waals surface area contributed by atoms with Gasteiger partial charge in [-0.3, -0.25) is 19.1 Å². The largest absolute Gasteiger partial charge is 0.492 e. The number of nitrogens with zero attached hydrogens (tertiary/aromatic N) is 6. The first-order chi connectivity index (χ1) is 47.6. The van der Waals surface area contributed by atoms with Crippen molar-refractivity contribution < 1.29 is 59.8 Å². The van der Waals surface area contributed by atoms with Crippen molar-refractivity contribution in [2.45, 2.75) is 112 Å². The van der Waals surface area contributed by atoms with Crippen molar-refractivity contribution in [2.24, 2.45) is 17.2 Å². The molecule has 0 radical (unpaired) electrons. The Morgan fingerprint density at radius 3 is 1.42 bits per heavy atom. The number of aromatic nitrogens is 3. The zero-order valence-corrected chi connectivity index (χ0v) is 58.4. The average molecular weight is 1480 g/mol.